The molecule has 1 aliphatic carbocycles. The molecule has 2 aliphatic rings. The van der Waals surface area contributed by atoms with E-state index in [2.05, 4.69) is 21.2 Å². The molecule has 2 fully saturated rings. The van der Waals surface area contributed by atoms with Crippen molar-refractivity contribution < 1.29 is 23.9 Å². The SMILES string of the molecule is COc1cc(C=C2C(=O)NC(=O)N(C3CCCCC3)C2=O)cc(Br)c1OCc1ccc(Cl)c(Cl)c1. The van der Waals surface area contributed by atoms with Crippen molar-refractivity contribution in [1.82, 2.24) is 10.2 Å². The predicted molar refractivity (Wildman–Crippen MR) is 137 cm³/mol. The maximum atomic E-state index is 13.2. The number of hydrogen-bond acceptors (Lipinski definition) is 5. The first-order valence-corrected chi connectivity index (χ1v) is 12.7. The molecule has 35 heavy (non-hydrogen) atoms. The van der Waals surface area contributed by atoms with E-state index in [1.807, 2.05) is 0 Å². The maximum absolute atomic E-state index is 13.2. The summed E-state index contributed by atoms with van der Waals surface area (Å²) in [6.45, 7) is 0.214. The molecule has 2 aromatic carbocycles. The molecule has 4 amide bonds. The number of ether oxygens (including phenoxy) is 2. The number of nitrogens with zero attached hydrogens (tertiary/aromatic N) is 1. The molecule has 0 radical (unpaired) electrons. The van der Waals surface area contributed by atoms with Gasteiger partial charge in [-0.05, 0) is 70.2 Å². The summed E-state index contributed by atoms with van der Waals surface area (Å²) in [6, 6.07) is 7.72. The third-order valence-corrected chi connectivity index (χ3v) is 7.33. The molecule has 0 atom stereocenters. The fourth-order valence-corrected chi connectivity index (χ4v) is 5.15. The van der Waals surface area contributed by atoms with Crippen LogP contribution in [0.4, 0.5) is 4.79 Å². The second kappa shape index (κ2) is 11.0. The number of urea groups is 1. The molecule has 2 aromatic rings. The molecule has 1 saturated carbocycles. The van der Waals surface area contributed by atoms with Gasteiger partial charge in [-0.25, -0.2) is 4.79 Å². The van der Waals surface area contributed by atoms with Crippen molar-refractivity contribution in [3.63, 3.8) is 0 Å². The fraction of sp³-hybridized carbons (Fsp3) is 0.320. The number of amides is 4. The normalized spacial score (nSPS) is 18.1. The van der Waals surface area contributed by atoms with E-state index < -0.39 is 17.8 Å². The van der Waals surface area contributed by atoms with Crippen molar-refractivity contribution in [1.29, 1.82) is 0 Å². The molecule has 10 heteroatoms. The Morgan fingerprint density at radius 2 is 1.83 bits per heavy atom. The summed E-state index contributed by atoms with van der Waals surface area (Å²) in [5, 5.41) is 3.18. The number of carbonyl (C=O) groups is 3. The Hall–Kier alpha value is -2.55. The number of rotatable bonds is 6. The molecule has 184 valence electrons. The Kier molecular flexibility index (Phi) is 8.04. The fourth-order valence-electron chi connectivity index (χ4n) is 4.26. The lowest BCUT2D eigenvalue weighted by atomic mass is 9.93. The van der Waals surface area contributed by atoms with Crippen molar-refractivity contribution in [2.24, 2.45) is 0 Å². The summed E-state index contributed by atoms with van der Waals surface area (Å²) in [6.07, 6.45) is 5.91. The van der Waals surface area contributed by atoms with E-state index >= 15 is 0 Å². The number of imide groups is 2. The lowest BCUT2D eigenvalue weighted by molar-refractivity contribution is -0.132. The maximum Gasteiger partial charge on any atom is 0.331 e. The van der Waals surface area contributed by atoms with E-state index in [1.54, 1.807) is 30.3 Å². The Balaban J connectivity index is 1.59. The van der Waals surface area contributed by atoms with E-state index in [0.29, 0.717) is 31.6 Å². The second-order valence-electron chi connectivity index (χ2n) is 8.36. The Morgan fingerprint density at radius 3 is 2.51 bits per heavy atom. The van der Waals surface area contributed by atoms with Crippen LogP contribution in [0.3, 0.4) is 0 Å². The van der Waals surface area contributed by atoms with Crippen molar-refractivity contribution >= 4 is 63.1 Å². The monoisotopic (exact) mass is 580 g/mol. The van der Waals surface area contributed by atoms with Crippen LogP contribution in [0.5, 0.6) is 11.5 Å². The minimum atomic E-state index is -0.720. The second-order valence-corrected chi connectivity index (χ2v) is 10.0. The molecule has 7 nitrogen and oxygen atoms in total. The van der Waals surface area contributed by atoms with Crippen LogP contribution in [0.25, 0.3) is 6.08 Å². The predicted octanol–water partition coefficient (Wildman–Crippen LogP) is 6.14. The van der Waals surface area contributed by atoms with Gasteiger partial charge in [0, 0.05) is 6.04 Å². The lowest BCUT2D eigenvalue weighted by Gasteiger charge is -2.35. The van der Waals surface area contributed by atoms with Gasteiger partial charge < -0.3 is 9.47 Å². The molecule has 1 aliphatic heterocycles. The van der Waals surface area contributed by atoms with Gasteiger partial charge >= 0.3 is 6.03 Å². The molecule has 4 rings (SSSR count). The van der Waals surface area contributed by atoms with Crippen molar-refractivity contribution in [3.8, 4) is 11.5 Å². The summed E-state index contributed by atoms with van der Waals surface area (Å²) < 4.78 is 12.0. The Bertz CT molecular complexity index is 1210. The summed E-state index contributed by atoms with van der Waals surface area (Å²) in [5.74, 6) is -0.461. The first-order valence-electron chi connectivity index (χ1n) is 11.1. The number of hydrogen-bond donors (Lipinski definition) is 1. The third kappa shape index (κ3) is 5.66. The number of benzene rings is 2. The van der Waals surface area contributed by atoms with E-state index in [9.17, 15) is 14.4 Å². The van der Waals surface area contributed by atoms with Crippen molar-refractivity contribution in [2.75, 3.05) is 7.11 Å². The molecule has 1 N–H and O–H groups in total. The minimum absolute atomic E-state index is 0.103. The summed E-state index contributed by atoms with van der Waals surface area (Å²) in [4.78, 5) is 39.3. The van der Waals surface area contributed by atoms with Gasteiger partial charge in [0.1, 0.15) is 12.2 Å². The molecule has 0 spiro atoms. The molecule has 0 aromatic heterocycles. The lowest BCUT2D eigenvalue weighted by Crippen LogP contribution is -2.58. The number of halogens is 3. The van der Waals surface area contributed by atoms with Crippen LogP contribution < -0.4 is 14.8 Å². The zero-order chi connectivity index (χ0) is 25.1. The van der Waals surface area contributed by atoms with Gasteiger partial charge in [0.2, 0.25) is 0 Å². The molecule has 0 bridgehead atoms. The molecule has 0 unspecified atom stereocenters. The number of carbonyl (C=O) groups excluding carboxylic acids is 3. The highest BCUT2D eigenvalue weighted by Gasteiger charge is 2.40. The van der Waals surface area contributed by atoms with Crippen molar-refractivity contribution in [3.05, 3.63) is 61.5 Å². The zero-order valence-corrected chi connectivity index (χ0v) is 22.0. The quantitative estimate of drug-likeness (QED) is 0.327. The van der Waals surface area contributed by atoms with Crippen LogP contribution in [0.15, 0.2) is 40.4 Å². The molecule has 1 heterocycles. The van der Waals surface area contributed by atoms with Crippen LogP contribution in [-0.2, 0) is 16.2 Å². The van der Waals surface area contributed by atoms with Gasteiger partial charge in [0.05, 0.1) is 21.6 Å². The van der Waals surface area contributed by atoms with Crippen LogP contribution in [-0.4, -0.2) is 35.9 Å². The number of methoxy groups -OCH3 is 1. The standard InChI is InChI=1S/C25H23BrCl2N2O5/c1-34-21-12-15(10-18(26)22(21)35-13-14-7-8-19(27)20(28)11-14)9-17-23(31)29-25(33)30(24(17)32)16-5-3-2-4-6-16/h7-12,16H,2-6,13H2,1H3,(H,29,31,33). The van der Waals surface area contributed by atoms with E-state index in [4.69, 9.17) is 32.7 Å². The zero-order valence-electron chi connectivity index (χ0n) is 18.9. The van der Waals surface area contributed by atoms with E-state index in [1.165, 1.54) is 18.1 Å². The first-order chi connectivity index (χ1) is 16.8. The summed E-state index contributed by atoms with van der Waals surface area (Å²) >= 11 is 15.5. The van der Waals surface area contributed by atoms with E-state index in [0.717, 1.165) is 37.7 Å². The summed E-state index contributed by atoms with van der Waals surface area (Å²) in [7, 11) is 1.49. The van der Waals surface area contributed by atoms with Crippen LogP contribution in [0.2, 0.25) is 10.0 Å². The van der Waals surface area contributed by atoms with Gasteiger partial charge in [-0.15, -0.1) is 0 Å². The summed E-state index contributed by atoms with van der Waals surface area (Å²) in [5.41, 5.74) is 1.25. The van der Waals surface area contributed by atoms with Crippen molar-refractivity contribution in [2.45, 2.75) is 44.8 Å². The molecular weight excluding hydrogens is 559 g/mol. The van der Waals surface area contributed by atoms with Gasteiger partial charge in [-0.3, -0.25) is 19.8 Å². The van der Waals surface area contributed by atoms with Crippen LogP contribution in [0.1, 0.15) is 43.2 Å². The highest BCUT2D eigenvalue weighted by molar-refractivity contribution is 9.10. The van der Waals surface area contributed by atoms with Crippen LogP contribution in [0, 0.1) is 0 Å². The smallest absolute Gasteiger partial charge is 0.331 e. The Labute approximate surface area is 221 Å². The Morgan fingerprint density at radius 1 is 1.09 bits per heavy atom. The largest absolute Gasteiger partial charge is 0.493 e. The van der Waals surface area contributed by atoms with Gasteiger partial charge in [-0.2, -0.15) is 0 Å². The highest BCUT2D eigenvalue weighted by atomic mass is 79.9. The van der Waals surface area contributed by atoms with E-state index in [-0.39, 0.29) is 18.2 Å². The van der Waals surface area contributed by atoms with Crippen LogP contribution >= 0.6 is 39.1 Å². The molecular formula is C25H23BrCl2N2O5. The average molecular weight is 582 g/mol. The van der Waals surface area contributed by atoms with Gasteiger partial charge in [-0.1, -0.05) is 48.5 Å². The molecule has 1 saturated heterocycles. The topological polar surface area (TPSA) is 84.9 Å². The highest BCUT2D eigenvalue weighted by Crippen LogP contribution is 2.38. The first kappa shape index (κ1) is 25.5. The average Bonchev–Trinajstić information content (AvgIpc) is 2.83. The minimum Gasteiger partial charge on any atom is -0.493 e. The third-order valence-electron chi connectivity index (χ3n) is 6.00. The number of barbiturate groups is 1. The van der Waals surface area contributed by atoms with Gasteiger partial charge in [0.25, 0.3) is 11.8 Å². The number of nitrogens with one attached hydrogen (secondary N) is 1. The van der Waals surface area contributed by atoms with Gasteiger partial charge in [0.15, 0.2) is 11.5 Å².